The quantitative estimate of drug-likeness (QED) is 0.236. The van der Waals surface area contributed by atoms with E-state index in [1.807, 2.05) is 49.3 Å². The molecule has 0 aliphatic carbocycles. The van der Waals surface area contributed by atoms with Crippen LogP contribution < -0.4 is 15.0 Å². The SMILES string of the molecule is CN(C)c1cnc2[nH]cc(C(=O)c3ccc(Oc4ccccc4)cc3Cl)c2c1NC1(C=O)CCCOC1. The van der Waals surface area contributed by atoms with Gasteiger partial charge in [-0.2, -0.15) is 0 Å². The first-order valence-electron chi connectivity index (χ1n) is 12.0. The summed E-state index contributed by atoms with van der Waals surface area (Å²) in [5.41, 5.74) is 1.72. The standard InChI is InChI=1S/C28H27ClN4O4/c1-33(2)23-15-31-27-24(25(23)32-28(16-34)11-6-12-36-17-28)21(14-30-27)26(35)20-10-9-19(13-22(20)29)37-18-7-4-3-5-8-18/h3-5,7-10,13-16H,6,11-12,17H2,1-2H3,(H2,30,31,32). The third kappa shape index (κ3) is 4.90. The lowest BCUT2D eigenvalue weighted by Gasteiger charge is -2.35. The Balaban J connectivity index is 1.55. The van der Waals surface area contributed by atoms with Gasteiger partial charge in [-0.3, -0.25) is 4.79 Å². The molecule has 2 aromatic heterocycles. The van der Waals surface area contributed by atoms with Crippen LogP contribution in [-0.2, 0) is 9.53 Å². The van der Waals surface area contributed by atoms with Gasteiger partial charge in [0.25, 0.3) is 0 Å². The molecule has 1 aliphatic heterocycles. The molecular weight excluding hydrogens is 492 g/mol. The lowest BCUT2D eigenvalue weighted by atomic mass is 9.93. The van der Waals surface area contributed by atoms with Crippen molar-refractivity contribution in [1.29, 1.82) is 0 Å². The van der Waals surface area contributed by atoms with Gasteiger partial charge in [-0.25, -0.2) is 4.98 Å². The van der Waals surface area contributed by atoms with Crippen molar-refractivity contribution in [3.8, 4) is 11.5 Å². The number of anilines is 2. The van der Waals surface area contributed by atoms with Crippen LogP contribution >= 0.6 is 11.6 Å². The van der Waals surface area contributed by atoms with E-state index < -0.39 is 5.54 Å². The number of fused-ring (bicyclic) bond motifs is 1. The molecule has 0 spiro atoms. The van der Waals surface area contributed by atoms with Gasteiger partial charge in [-0.1, -0.05) is 29.8 Å². The van der Waals surface area contributed by atoms with Crippen LogP contribution in [0.5, 0.6) is 11.5 Å². The molecule has 0 radical (unpaired) electrons. The van der Waals surface area contributed by atoms with Crippen molar-refractivity contribution in [2.24, 2.45) is 0 Å². The van der Waals surface area contributed by atoms with Crippen LogP contribution in [0.2, 0.25) is 5.02 Å². The van der Waals surface area contributed by atoms with Crippen LogP contribution in [0.1, 0.15) is 28.8 Å². The van der Waals surface area contributed by atoms with E-state index in [1.54, 1.807) is 30.6 Å². The lowest BCUT2D eigenvalue weighted by Crippen LogP contribution is -2.47. The number of ketones is 1. The van der Waals surface area contributed by atoms with E-state index in [4.69, 9.17) is 21.1 Å². The van der Waals surface area contributed by atoms with Crippen molar-refractivity contribution >= 4 is 46.1 Å². The molecule has 0 bridgehead atoms. The normalized spacial score (nSPS) is 17.4. The number of benzene rings is 2. The zero-order valence-corrected chi connectivity index (χ0v) is 21.3. The molecule has 37 heavy (non-hydrogen) atoms. The Hall–Kier alpha value is -3.88. The second-order valence-corrected chi connectivity index (χ2v) is 9.69. The Labute approximate surface area is 219 Å². The third-order valence-corrected chi connectivity index (χ3v) is 6.76. The van der Waals surface area contributed by atoms with E-state index in [2.05, 4.69) is 15.3 Å². The second kappa shape index (κ2) is 10.2. The predicted octanol–water partition coefficient (Wildman–Crippen LogP) is 5.47. The Bertz CT molecular complexity index is 1450. The van der Waals surface area contributed by atoms with Gasteiger partial charge in [0.05, 0.1) is 40.2 Å². The van der Waals surface area contributed by atoms with Crippen molar-refractivity contribution in [1.82, 2.24) is 9.97 Å². The number of para-hydroxylation sites is 1. The average Bonchev–Trinajstić information content (AvgIpc) is 3.34. The summed E-state index contributed by atoms with van der Waals surface area (Å²) in [6, 6.07) is 14.3. The summed E-state index contributed by atoms with van der Waals surface area (Å²) >= 11 is 6.57. The van der Waals surface area contributed by atoms with Crippen molar-refractivity contribution in [2.45, 2.75) is 18.4 Å². The highest BCUT2D eigenvalue weighted by molar-refractivity contribution is 6.36. The zero-order valence-electron chi connectivity index (χ0n) is 20.6. The second-order valence-electron chi connectivity index (χ2n) is 9.28. The predicted molar refractivity (Wildman–Crippen MR) is 144 cm³/mol. The molecule has 1 fully saturated rings. The molecule has 190 valence electrons. The number of carbonyl (C=O) groups excluding carboxylic acids is 2. The number of hydrogen-bond donors (Lipinski definition) is 2. The number of ether oxygens (including phenoxy) is 2. The number of rotatable bonds is 8. The number of aromatic amines is 1. The molecule has 2 N–H and O–H groups in total. The van der Waals surface area contributed by atoms with Crippen LogP contribution in [0.3, 0.4) is 0 Å². The van der Waals surface area contributed by atoms with E-state index in [0.29, 0.717) is 52.4 Å². The first-order chi connectivity index (χ1) is 17.9. The van der Waals surface area contributed by atoms with Gasteiger partial charge in [0.1, 0.15) is 29.0 Å². The van der Waals surface area contributed by atoms with Gasteiger partial charge < -0.3 is 29.5 Å². The zero-order chi connectivity index (χ0) is 26.0. The summed E-state index contributed by atoms with van der Waals surface area (Å²) in [7, 11) is 3.77. The minimum atomic E-state index is -0.900. The molecular formula is C28H27ClN4O4. The van der Waals surface area contributed by atoms with Crippen LogP contribution in [0.25, 0.3) is 11.0 Å². The lowest BCUT2D eigenvalue weighted by molar-refractivity contribution is -0.115. The molecule has 3 heterocycles. The maximum absolute atomic E-state index is 13.8. The summed E-state index contributed by atoms with van der Waals surface area (Å²) in [4.78, 5) is 35.5. The molecule has 5 rings (SSSR count). The van der Waals surface area contributed by atoms with Gasteiger partial charge in [-0.05, 0) is 37.1 Å². The molecule has 0 amide bonds. The minimum absolute atomic E-state index is 0.246. The van der Waals surface area contributed by atoms with E-state index in [-0.39, 0.29) is 17.4 Å². The van der Waals surface area contributed by atoms with Gasteiger partial charge in [0.15, 0.2) is 5.78 Å². The first-order valence-corrected chi connectivity index (χ1v) is 12.4. The smallest absolute Gasteiger partial charge is 0.196 e. The largest absolute Gasteiger partial charge is 0.457 e. The van der Waals surface area contributed by atoms with Crippen molar-refractivity contribution < 1.29 is 19.1 Å². The molecule has 1 unspecified atom stereocenters. The van der Waals surface area contributed by atoms with Crippen molar-refractivity contribution in [3.05, 3.63) is 77.1 Å². The van der Waals surface area contributed by atoms with Gasteiger partial charge in [0, 0.05) is 38.5 Å². The minimum Gasteiger partial charge on any atom is -0.457 e. The summed E-state index contributed by atoms with van der Waals surface area (Å²) in [5, 5.41) is 4.28. The van der Waals surface area contributed by atoms with Gasteiger partial charge in [-0.15, -0.1) is 0 Å². The maximum atomic E-state index is 13.8. The van der Waals surface area contributed by atoms with E-state index in [0.717, 1.165) is 18.4 Å². The molecule has 9 heteroatoms. The Morgan fingerprint density at radius 1 is 1.19 bits per heavy atom. The van der Waals surface area contributed by atoms with Crippen molar-refractivity contribution in [3.63, 3.8) is 0 Å². The molecule has 1 atom stereocenters. The number of pyridine rings is 1. The molecule has 1 aliphatic rings. The Morgan fingerprint density at radius 3 is 2.68 bits per heavy atom. The number of carbonyl (C=O) groups is 2. The fourth-order valence-electron chi connectivity index (χ4n) is 4.53. The molecule has 1 saturated heterocycles. The highest BCUT2D eigenvalue weighted by Crippen LogP contribution is 2.38. The molecule has 8 nitrogen and oxygen atoms in total. The van der Waals surface area contributed by atoms with E-state index in [1.165, 1.54) is 0 Å². The summed E-state index contributed by atoms with van der Waals surface area (Å²) in [6.07, 6.45) is 5.60. The van der Waals surface area contributed by atoms with Crippen LogP contribution in [0.15, 0.2) is 60.9 Å². The summed E-state index contributed by atoms with van der Waals surface area (Å²) in [5.74, 6) is 0.919. The topological polar surface area (TPSA) is 96.5 Å². The number of hydrogen-bond acceptors (Lipinski definition) is 7. The number of nitrogens with one attached hydrogen (secondary N) is 2. The summed E-state index contributed by atoms with van der Waals surface area (Å²) < 4.78 is 11.5. The molecule has 0 saturated carbocycles. The Morgan fingerprint density at radius 2 is 2.00 bits per heavy atom. The van der Waals surface area contributed by atoms with Gasteiger partial charge in [0.2, 0.25) is 0 Å². The first kappa shape index (κ1) is 24.8. The molecule has 4 aromatic rings. The number of nitrogens with zero attached hydrogens (tertiary/aromatic N) is 2. The highest BCUT2D eigenvalue weighted by atomic mass is 35.5. The number of aldehydes is 1. The van der Waals surface area contributed by atoms with Crippen LogP contribution in [0.4, 0.5) is 11.4 Å². The van der Waals surface area contributed by atoms with E-state index in [9.17, 15) is 9.59 Å². The Kier molecular flexibility index (Phi) is 6.86. The monoisotopic (exact) mass is 518 g/mol. The van der Waals surface area contributed by atoms with Crippen LogP contribution in [0, 0.1) is 0 Å². The van der Waals surface area contributed by atoms with E-state index >= 15 is 0 Å². The highest BCUT2D eigenvalue weighted by Gasteiger charge is 2.35. The fraction of sp³-hybridized carbons (Fsp3) is 0.250. The van der Waals surface area contributed by atoms with Gasteiger partial charge >= 0.3 is 0 Å². The average molecular weight is 519 g/mol. The fourth-order valence-corrected chi connectivity index (χ4v) is 4.79. The maximum Gasteiger partial charge on any atom is 0.196 e. The number of halogens is 1. The van der Waals surface area contributed by atoms with Crippen molar-refractivity contribution in [2.75, 3.05) is 37.5 Å². The summed E-state index contributed by atoms with van der Waals surface area (Å²) in [6.45, 7) is 0.857. The number of H-pyrrole nitrogens is 1. The molecule has 2 aromatic carbocycles. The third-order valence-electron chi connectivity index (χ3n) is 6.44. The van der Waals surface area contributed by atoms with Crippen LogP contribution in [-0.4, -0.2) is 54.9 Å². The number of aromatic nitrogens is 2.